The molecule has 0 radical (unpaired) electrons. The van der Waals surface area contributed by atoms with Gasteiger partial charge in [-0.2, -0.15) is 0 Å². The third-order valence-corrected chi connectivity index (χ3v) is 4.26. The fourth-order valence-electron chi connectivity index (χ4n) is 2.89. The highest BCUT2D eigenvalue weighted by Crippen LogP contribution is 2.20. The highest BCUT2D eigenvalue weighted by atomic mass is 16.5. The van der Waals surface area contributed by atoms with Crippen molar-refractivity contribution in [2.75, 3.05) is 39.4 Å². The molecule has 2 aliphatic heterocycles. The van der Waals surface area contributed by atoms with E-state index in [1.54, 1.807) is 6.92 Å². The number of ether oxygens (including phenoxy) is 1. The summed E-state index contributed by atoms with van der Waals surface area (Å²) >= 11 is 0. The smallest absolute Gasteiger partial charge is 0.239 e. The molecule has 1 amide bonds. The van der Waals surface area contributed by atoms with E-state index in [9.17, 15) is 9.59 Å². The third-order valence-electron chi connectivity index (χ3n) is 4.26. The normalized spacial score (nSPS) is 27.1. The Morgan fingerprint density at radius 2 is 1.89 bits per heavy atom. The molecule has 0 saturated carbocycles. The van der Waals surface area contributed by atoms with Crippen molar-refractivity contribution >= 4 is 11.7 Å². The number of hydrogen-bond donors (Lipinski definition) is 0. The molecule has 0 bridgehead atoms. The van der Waals surface area contributed by atoms with E-state index >= 15 is 0 Å². The Bertz CT molecular complexity index is 340. The van der Waals surface area contributed by atoms with E-state index in [1.165, 1.54) is 0 Å². The number of carbonyl (C=O) groups excluding carboxylic acids is 2. The summed E-state index contributed by atoms with van der Waals surface area (Å²) in [6.07, 6.45) is 1.97. The van der Waals surface area contributed by atoms with E-state index in [4.69, 9.17) is 4.74 Å². The van der Waals surface area contributed by atoms with Crippen LogP contribution >= 0.6 is 0 Å². The van der Waals surface area contributed by atoms with E-state index in [0.29, 0.717) is 26.3 Å². The van der Waals surface area contributed by atoms with Crippen molar-refractivity contribution in [2.24, 2.45) is 5.92 Å². The van der Waals surface area contributed by atoms with E-state index in [2.05, 4.69) is 4.90 Å². The second-order valence-electron chi connectivity index (χ2n) is 5.56. The molecule has 0 aromatic carbocycles. The largest absolute Gasteiger partial charge is 0.378 e. The van der Waals surface area contributed by atoms with Crippen molar-refractivity contribution in [2.45, 2.75) is 32.7 Å². The molecule has 2 aliphatic rings. The zero-order valence-corrected chi connectivity index (χ0v) is 11.9. The Labute approximate surface area is 114 Å². The summed E-state index contributed by atoms with van der Waals surface area (Å²) in [4.78, 5) is 28.0. The SMILES string of the molecule is CC(=O)C1CCCN(C(C)C(=O)N2CCOCC2)C1. The maximum absolute atomic E-state index is 12.4. The minimum Gasteiger partial charge on any atom is -0.378 e. The molecule has 0 aromatic heterocycles. The molecule has 5 nitrogen and oxygen atoms in total. The fourth-order valence-corrected chi connectivity index (χ4v) is 2.89. The van der Waals surface area contributed by atoms with Crippen molar-refractivity contribution in [3.63, 3.8) is 0 Å². The first kappa shape index (κ1) is 14.5. The van der Waals surface area contributed by atoms with Gasteiger partial charge in [-0.15, -0.1) is 0 Å². The Hall–Kier alpha value is -0.940. The molecule has 2 heterocycles. The summed E-state index contributed by atoms with van der Waals surface area (Å²) in [5.41, 5.74) is 0. The number of carbonyl (C=O) groups is 2. The molecule has 2 saturated heterocycles. The number of piperidine rings is 1. The van der Waals surface area contributed by atoms with Crippen molar-refractivity contribution in [3.8, 4) is 0 Å². The lowest BCUT2D eigenvalue weighted by molar-refractivity contribution is -0.142. The van der Waals surface area contributed by atoms with E-state index in [0.717, 1.165) is 25.9 Å². The average Bonchev–Trinajstić information content (AvgIpc) is 2.46. The van der Waals surface area contributed by atoms with Crippen LogP contribution in [0.15, 0.2) is 0 Å². The summed E-state index contributed by atoms with van der Waals surface area (Å²) in [6, 6.07) is -0.125. The van der Waals surface area contributed by atoms with Gasteiger partial charge in [0.1, 0.15) is 5.78 Å². The number of ketones is 1. The zero-order valence-electron chi connectivity index (χ0n) is 11.9. The lowest BCUT2D eigenvalue weighted by Crippen LogP contribution is -2.53. The first-order chi connectivity index (χ1) is 9.09. The molecular formula is C14H24N2O3. The van der Waals surface area contributed by atoms with Gasteiger partial charge in [-0.1, -0.05) is 0 Å². The van der Waals surface area contributed by atoms with E-state index in [1.807, 2.05) is 11.8 Å². The van der Waals surface area contributed by atoms with Gasteiger partial charge in [0.15, 0.2) is 0 Å². The van der Waals surface area contributed by atoms with E-state index in [-0.39, 0.29) is 23.7 Å². The minimum atomic E-state index is -0.125. The number of morpholine rings is 1. The quantitative estimate of drug-likeness (QED) is 0.749. The first-order valence-corrected chi connectivity index (χ1v) is 7.20. The van der Waals surface area contributed by atoms with Gasteiger partial charge in [0.05, 0.1) is 19.3 Å². The summed E-state index contributed by atoms with van der Waals surface area (Å²) in [5, 5.41) is 0. The Morgan fingerprint density at radius 3 is 2.53 bits per heavy atom. The molecule has 2 atom stereocenters. The van der Waals surface area contributed by atoms with Gasteiger partial charge in [0.2, 0.25) is 5.91 Å². The molecule has 0 spiro atoms. The van der Waals surface area contributed by atoms with Crippen molar-refractivity contribution < 1.29 is 14.3 Å². The van der Waals surface area contributed by atoms with Gasteiger partial charge in [0, 0.05) is 25.6 Å². The number of rotatable bonds is 3. The lowest BCUT2D eigenvalue weighted by atomic mass is 9.93. The predicted molar refractivity (Wildman–Crippen MR) is 71.8 cm³/mol. The highest BCUT2D eigenvalue weighted by molar-refractivity contribution is 5.82. The number of likely N-dealkylation sites (tertiary alicyclic amines) is 1. The van der Waals surface area contributed by atoms with Crippen LogP contribution in [0.2, 0.25) is 0 Å². The van der Waals surface area contributed by atoms with Gasteiger partial charge in [0.25, 0.3) is 0 Å². The van der Waals surface area contributed by atoms with Crippen LogP contribution < -0.4 is 0 Å². The molecule has 0 aromatic rings. The number of amides is 1. The summed E-state index contributed by atoms with van der Waals surface area (Å²) in [6.45, 7) is 7.90. The fraction of sp³-hybridized carbons (Fsp3) is 0.857. The molecule has 19 heavy (non-hydrogen) atoms. The van der Waals surface area contributed by atoms with Crippen LogP contribution in [0.3, 0.4) is 0 Å². The van der Waals surface area contributed by atoms with E-state index < -0.39 is 0 Å². The van der Waals surface area contributed by atoms with Crippen LogP contribution in [-0.2, 0) is 14.3 Å². The number of hydrogen-bond acceptors (Lipinski definition) is 4. The Morgan fingerprint density at radius 1 is 1.21 bits per heavy atom. The first-order valence-electron chi connectivity index (χ1n) is 7.20. The standard InChI is InChI=1S/C14H24N2O3/c1-11(14(18)15-6-8-19-9-7-15)16-5-3-4-13(10-16)12(2)17/h11,13H,3-10H2,1-2H3. The van der Waals surface area contributed by atoms with Gasteiger partial charge in [-0.05, 0) is 33.2 Å². The highest BCUT2D eigenvalue weighted by Gasteiger charge is 2.31. The van der Waals surface area contributed by atoms with Gasteiger partial charge >= 0.3 is 0 Å². The Kier molecular flexibility index (Phi) is 4.93. The average molecular weight is 268 g/mol. The third kappa shape index (κ3) is 3.54. The summed E-state index contributed by atoms with van der Waals surface area (Å²) in [5.74, 6) is 0.525. The van der Waals surface area contributed by atoms with Crippen LogP contribution in [-0.4, -0.2) is 66.9 Å². The van der Waals surface area contributed by atoms with Gasteiger partial charge in [-0.3, -0.25) is 14.5 Å². The van der Waals surface area contributed by atoms with Crippen molar-refractivity contribution in [3.05, 3.63) is 0 Å². The summed E-state index contributed by atoms with van der Waals surface area (Å²) in [7, 11) is 0. The topological polar surface area (TPSA) is 49.9 Å². The van der Waals surface area contributed by atoms with Gasteiger partial charge in [-0.25, -0.2) is 0 Å². The number of Topliss-reactive ketones (excluding diaryl/α,β-unsaturated/α-hetero) is 1. The molecule has 5 heteroatoms. The second-order valence-corrected chi connectivity index (χ2v) is 5.56. The monoisotopic (exact) mass is 268 g/mol. The molecule has 2 unspecified atom stereocenters. The molecule has 0 aliphatic carbocycles. The van der Waals surface area contributed by atoms with Crippen molar-refractivity contribution in [1.82, 2.24) is 9.80 Å². The van der Waals surface area contributed by atoms with Crippen molar-refractivity contribution in [1.29, 1.82) is 0 Å². The number of nitrogens with zero attached hydrogens (tertiary/aromatic N) is 2. The van der Waals surface area contributed by atoms with Crippen LogP contribution in [0.25, 0.3) is 0 Å². The maximum atomic E-state index is 12.4. The molecular weight excluding hydrogens is 244 g/mol. The zero-order chi connectivity index (χ0) is 13.8. The van der Waals surface area contributed by atoms with Gasteiger partial charge < -0.3 is 9.64 Å². The minimum absolute atomic E-state index is 0.105. The Balaban J connectivity index is 1.92. The molecule has 0 N–H and O–H groups in total. The lowest BCUT2D eigenvalue weighted by Gasteiger charge is -2.38. The van der Waals surface area contributed by atoms with Crippen LogP contribution in [0.5, 0.6) is 0 Å². The predicted octanol–water partition coefficient (Wildman–Crippen LogP) is 0.535. The second kappa shape index (κ2) is 6.48. The molecule has 2 fully saturated rings. The maximum Gasteiger partial charge on any atom is 0.239 e. The van der Waals surface area contributed by atoms with Crippen LogP contribution in [0.1, 0.15) is 26.7 Å². The molecule has 108 valence electrons. The van der Waals surface area contributed by atoms with Crippen LogP contribution in [0, 0.1) is 5.92 Å². The summed E-state index contributed by atoms with van der Waals surface area (Å²) < 4.78 is 5.27. The van der Waals surface area contributed by atoms with Crippen LogP contribution in [0.4, 0.5) is 0 Å². The molecule has 2 rings (SSSR count).